The summed E-state index contributed by atoms with van der Waals surface area (Å²) in [7, 11) is 0. The Labute approximate surface area is 212 Å². The number of thiophene rings is 2. The first-order chi connectivity index (χ1) is 16.3. The van der Waals surface area contributed by atoms with Crippen LogP contribution >= 0.6 is 34.4 Å². The molecule has 3 aromatic heterocycles. The van der Waals surface area contributed by atoms with Gasteiger partial charge in [0.25, 0.3) is 0 Å². The fourth-order valence-corrected chi connectivity index (χ4v) is 7.18. The maximum absolute atomic E-state index is 12.7. The third-order valence-electron chi connectivity index (χ3n) is 5.76. The van der Waals surface area contributed by atoms with E-state index in [9.17, 15) is 9.59 Å². The number of amides is 1. The highest BCUT2D eigenvalue weighted by Gasteiger charge is 2.26. The highest BCUT2D eigenvalue weighted by atomic mass is 32.2. The van der Waals surface area contributed by atoms with Crippen LogP contribution in [0.1, 0.15) is 65.8 Å². The SMILES string of the molecule is CCOC(=O)c1cc(C)sc1NC(=O)CSc1nnc(-c2csc3c2CCC(C)C3)n1C(C)C. The Balaban J connectivity index is 1.49. The Morgan fingerprint density at radius 3 is 2.88 bits per heavy atom. The molecule has 7 nitrogen and oxygen atoms in total. The topological polar surface area (TPSA) is 86.1 Å². The van der Waals surface area contributed by atoms with Crippen LogP contribution in [0.3, 0.4) is 0 Å². The Hall–Kier alpha value is -2.17. The summed E-state index contributed by atoms with van der Waals surface area (Å²) < 4.78 is 7.23. The molecule has 34 heavy (non-hydrogen) atoms. The number of anilines is 1. The number of rotatable bonds is 8. The van der Waals surface area contributed by atoms with Crippen LogP contribution in [-0.2, 0) is 22.4 Å². The van der Waals surface area contributed by atoms with E-state index < -0.39 is 5.97 Å². The standard InChI is InChI=1S/C24H30N4O3S3/c1-6-31-23(30)17-10-15(5)34-22(17)25-20(29)12-33-24-27-26-21(28(24)13(2)3)18-11-32-19-9-14(4)7-8-16(18)19/h10-11,13-14H,6-9,12H2,1-5H3,(H,25,29). The van der Waals surface area contributed by atoms with E-state index >= 15 is 0 Å². The Bertz CT molecular complexity index is 1190. The number of esters is 1. The minimum absolute atomic E-state index is 0.156. The molecule has 0 saturated heterocycles. The van der Waals surface area contributed by atoms with Gasteiger partial charge in [-0.2, -0.15) is 0 Å². The normalized spacial score (nSPS) is 15.4. The van der Waals surface area contributed by atoms with Gasteiger partial charge in [-0.05, 0) is 64.5 Å². The summed E-state index contributed by atoms with van der Waals surface area (Å²) in [6.45, 7) is 10.5. The molecular formula is C24H30N4O3S3. The summed E-state index contributed by atoms with van der Waals surface area (Å²) in [6.07, 6.45) is 3.41. The molecular weight excluding hydrogens is 488 g/mol. The van der Waals surface area contributed by atoms with Gasteiger partial charge in [-0.3, -0.25) is 9.36 Å². The van der Waals surface area contributed by atoms with Crippen LogP contribution in [0.5, 0.6) is 0 Å². The summed E-state index contributed by atoms with van der Waals surface area (Å²) in [5.41, 5.74) is 2.98. The molecule has 0 aromatic carbocycles. The van der Waals surface area contributed by atoms with Gasteiger partial charge in [0.1, 0.15) is 5.00 Å². The number of nitrogens with zero attached hydrogens (tertiary/aromatic N) is 3. The number of fused-ring (bicyclic) bond motifs is 1. The maximum atomic E-state index is 12.7. The molecule has 1 unspecified atom stereocenters. The van der Waals surface area contributed by atoms with Gasteiger partial charge in [0.05, 0.1) is 17.9 Å². The van der Waals surface area contributed by atoms with Gasteiger partial charge in [0, 0.05) is 26.7 Å². The fraction of sp³-hybridized carbons (Fsp3) is 0.500. The highest BCUT2D eigenvalue weighted by molar-refractivity contribution is 7.99. The van der Waals surface area contributed by atoms with E-state index in [1.54, 1.807) is 13.0 Å². The molecule has 1 N–H and O–H groups in total. The molecule has 0 aliphatic heterocycles. The lowest BCUT2D eigenvalue weighted by Crippen LogP contribution is -2.16. The quantitative estimate of drug-likeness (QED) is 0.291. The number of carbonyl (C=O) groups excluding carboxylic acids is 2. The maximum Gasteiger partial charge on any atom is 0.341 e. The molecule has 1 amide bonds. The lowest BCUT2D eigenvalue weighted by molar-refractivity contribution is -0.113. The molecule has 1 aliphatic rings. The zero-order chi connectivity index (χ0) is 24.4. The van der Waals surface area contributed by atoms with Crippen LogP contribution in [0.15, 0.2) is 16.6 Å². The smallest absolute Gasteiger partial charge is 0.341 e. The van der Waals surface area contributed by atoms with Crippen LogP contribution in [0.4, 0.5) is 5.00 Å². The number of nitrogens with one attached hydrogen (secondary N) is 1. The van der Waals surface area contributed by atoms with Crippen molar-refractivity contribution in [2.45, 2.75) is 65.1 Å². The lowest BCUT2D eigenvalue weighted by atomic mass is 9.88. The summed E-state index contributed by atoms with van der Waals surface area (Å²) >= 11 is 4.55. The minimum Gasteiger partial charge on any atom is -0.462 e. The number of hydrogen-bond acceptors (Lipinski definition) is 8. The van der Waals surface area contributed by atoms with Gasteiger partial charge in [-0.25, -0.2) is 4.79 Å². The number of thioether (sulfide) groups is 1. The van der Waals surface area contributed by atoms with Gasteiger partial charge >= 0.3 is 5.97 Å². The average Bonchev–Trinajstić information content (AvgIpc) is 3.48. The fourth-order valence-electron chi connectivity index (χ4n) is 4.15. The van der Waals surface area contributed by atoms with Crippen LogP contribution < -0.4 is 5.32 Å². The van der Waals surface area contributed by atoms with Gasteiger partial charge in [-0.1, -0.05) is 18.7 Å². The van der Waals surface area contributed by atoms with Gasteiger partial charge in [0.15, 0.2) is 11.0 Å². The third kappa shape index (κ3) is 5.23. The van der Waals surface area contributed by atoms with Gasteiger partial charge in [0.2, 0.25) is 5.91 Å². The minimum atomic E-state index is -0.424. The number of aryl methyl sites for hydroxylation is 1. The summed E-state index contributed by atoms with van der Waals surface area (Å²) in [4.78, 5) is 27.3. The van der Waals surface area contributed by atoms with E-state index in [4.69, 9.17) is 4.74 Å². The van der Waals surface area contributed by atoms with Gasteiger partial charge in [-0.15, -0.1) is 32.9 Å². The second-order valence-corrected chi connectivity index (χ2v) is 12.0. The molecule has 10 heteroatoms. The number of carbonyl (C=O) groups is 2. The highest BCUT2D eigenvalue weighted by Crippen LogP contribution is 2.39. The Morgan fingerprint density at radius 2 is 2.15 bits per heavy atom. The summed E-state index contributed by atoms with van der Waals surface area (Å²) in [6, 6.07) is 1.90. The third-order valence-corrected chi connectivity index (χ3v) is 8.72. The molecule has 182 valence electrons. The molecule has 1 atom stereocenters. The average molecular weight is 519 g/mol. The number of hydrogen-bond donors (Lipinski definition) is 1. The van der Waals surface area contributed by atoms with E-state index in [2.05, 4.69) is 46.2 Å². The van der Waals surface area contributed by atoms with Crippen molar-refractivity contribution in [3.05, 3.63) is 32.3 Å². The van der Waals surface area contributed by atoms with Crippen molar-refractivity contribution in [2.24, 2.45) is 5.92 Å². The van der Waals surface area contributed by atoms with Crippen molar-refractivity contribution in [1.29, 1.82) is 0 Å². The predicted octanol–water partition coefficient (Wildman–Crippen LogP) is 5.99. The molecule has 3 aromatic rings. The van der Waals surface area contributed by atoms with Crippen molar-refractivity contribution in [1.82, 2.24) is 14.8 Å². The van der Waals surface area contributed by atoms with E-state index in [-0.39, 0.29) is 24.3 Å². The van der Waals surface area contributed by atoms with Crippen LogP contribution in [-0.4, -0.2) is 39.0 Å². The first-order valence-corrected chi connectivity index (χ1v) is 14.2. The van der Waals surface area contributed by atoms with Crippen molar-refractivity contribution in [2.75, 3.05) is 17.7 Å². The van der Waals surface area contributed by atoms with Crippen LogP contribution in [0, 0.1) is 12.8 Å². The molecule has 0 spiro atoms. The van der Waals surface area contributed by atoms with Gasteiger partial charge < -0.3 is 10.1 Å². The van der Waals surface area contributed by atoms with E-state index in [1.807, 2.05) is 18.3 Å². The molecule has 0 fully saturated rings. The van der Waals surface area contributed by atoms with Crippen molar-refractivity contribution in [3.63, 3.8) is 0 Å². The Kier molecular flexibility index (Phi) is 7.79. The first-order valence-electron chi connectivity index (χ1n) is 11.5. The van der Waals surface area contributed by atoms with E-state index in [1.165, 1.54) is 45.5 Å². The molecule has 4 rings (SSSR count). The van der Waals surface area contributed by atoms with E-state index in [0.29, 0.717) is 10.6 Å². The van der Waals surface area contributed by atoms with Crippen LogP contribution in [0.25, 0.3) is 11.4 Å². The molecule has 0 radical (unpaired) electrons. The predicted molar refractivity (Wildman–Crippen MR) is 139 cm³/mol. The zero-order valence-electron chi connectivity index (χ0n) is 20.1. The second-order valence-electron chi connectivity index (χ2n) is 8.83. The summed E-state index contributed by atoms with van der Waals surface area (Å²) in [5, 5.41) is 15.3. The summed E-state index contributed by atoms with van der Waals surface area (Å²) in [5.74, 6) is 1.15. The number of aromatic nitrogens is 3. The van der Waals surface area contributed by atoms with E-state index in [0.717, 1.165) is 34.6 Å². The Morgan fingerprint density at radius 1 is 1.35 bits per heavy atom. The molecule has 1 aliphatic carbocycles. The van der Waals surface area contributed by atoms with Crippen molar-refractivity contribution >= 4 is 51.3 Å². The molecule has 0 saturated carbocycles. The molecule has 0 bridgehead atoms. The zero-order valence-corrected chi connectivity index (χ0v) is 22.6. The first kappa shape index (κ1) is 24.9. The lowest BCUT2D eigenvalue weighted by Gasteiger charge is -2.19. The van der Waals surface area contributed by atoms with Crippen LogP contribution in [0.2, 0.25) is 0 Å². The number of ether oxygens (including phenoxy) is 1. The van der Waals surface area contributed by atoms with Crippen molar-refractivity contribution < 1.29 is 14.3 Å². The monoisotopic (exact) mass is 518 g/mol. The molecule has 3 heterocycles. The second kappa shape index (κ2) is 10.6. The van der Waals surface area contributed by atoms with Crippen molar-refractivity contribution in [3.8, 4) is 11.4 Å². The largest absolute Gasteiger partial charge is 0.462 e.